The van der Waals surface area contributed by atoms with Gasteiger partial charge in [-0.25, -0.2) is 4.98 Å². The number of piperidine rings is 1. The van der Waals surface area contributed by atoms with Gasteiger partial charge in [-0.2, -0.15) is 0 Å². The molecule has 130 valence electrons. The molecule has 0 aliphatic carbocycles. The molecule has 2 aliphatic heterocycles. The Morgan fingerprint density at radius 2 is 2.35 bits per heavy atom. The highest BCUT2D eigenvalue weighted by molar-refractivity contribution is 4.88. The summed E-state index contributed by atoms with van der Waals surface area (Å²) in [5.74, 6) is 0.633. The van der Waals surface area contributed by atoms with Gasteiger partial charge in [0.1, 0.15) is 0 Å². The van der Waals surface area contributed by atoms with E-state index >= 15 is 0 Å². The van der Waals surface area contributed by atoms with Crippen molar-refractivity contribution in [3.63, 3.8) is 0 Å². The zero-order valence-electron chi connectivity index (χ0n) is 14.0. The Bertz CT molecular complexity index is 448. The van der Waals surface area contributed by atoms with Crippen LogP contribution in [0.15, 0.2) is 18.7 Å². The van der Waals surface area contributed by atoms with E-state index in [2.05, 4.69) is 21.4 Å². The average molecular weight is 323 g/mol. The monoisotopic (exact) mass is 323 g/mol. The highest BCUT2D eigenvalue weighted by Gasteiger charge is 2.28. The van der Waals surface area contributed by atoms with Gasteiger partial charge in [-0.05, 0) is 31.7 Å². The molecule has 0 radical (unpaired) electrons. The van der Waals surface area contributed by atoms with Gasteiger partial charge >= 0.3 is 0 Å². The highest BCUT2D eigenvalue weighted by atomic mass is 16.5. The van der Waals surface area contributed by atoms with Gasteiger partial charge in [0.2, 0.25) is 0 Å². The van der Waals surface area contributed by atoms with Crippen LogP contribution in [0.2, 0.25) is 0 Å². The summed E-state index contributed by atoms with van der Waals surface area (Å²) >= 11 is 0. The first-order chi connectivity index (χ1) is 11.2. The molecule has 0 aromatic carbocycles. The van der Waals surface area contributed by atoms with Gasteiger partial charge in [-0.1, -0.05) is 6.92 Å². The van der Waals surface area contributed by atoms with Crippen molar-refractivity contribution in [2.45, 2.75) is 44.4 Å². The summed E-state index contributed by atoms with van der Waals surface area (Å²) in [6, 6.07) is 0.436. The molecule has 23 heavy (non-hydrogen) atoms. The van der Waals surface area contributed by atoms with Crippen LogP contribution in [0.4, 0.5) is 0 Å². The van der Waals surface area contributed by atoms with E-state index in [1.807, 2.05) is 18.7 Å². The highest BCUT2D eigenvalue weighted by Crippen LogP contribution is 2.27. The third-order valence-electron chi connectivity index (χ3n) is 5.02. The van der Waals surface area contributed by atoms with E-state index in [-0.39, 0.29) is 6.10 Å². The molecule has 2 aliphatic rings. The van der Waals surface area contributed by atoms with Crippen LogP contribution in [0.1, 0.15) is 32.2 Å². The number of β-amino-alcohol motifs (C(OH)–C–C–N with tert-alkyl or cyclic N) is 1. The van der Waals surface area contributed by atoms with Gasteiger partial charge in [-0.15, -0.1) is 0 Å². The van der Waals surface area contributed by atoms with E-state index in [4.69, 9.17) is 9.47 Å². The number of aliphatic hydroxyl groups is 1. The second kappa shape index (κ2) is 8.24. The van der Waals surface area contributed by atoms with Gasteiger partial charge in [0.25, 0.3) is 0 Å². The van der Waals surface area contributed by atoms with E-state index in [0.29, 0.717) is 31.7 Å². The SMILES string of the molecule is CC1CCN(CC(O)COCC2CCCO2)CC1n1ccnc1. The van der Waals surface area contributed by atoms with Crippen LogP contribution in [-0.2, 0) is 9.47 Å². The third-order valence-corrected chi connectivity index (χ3v) is 5.02. The van der Waals surface area contributed by atoms with Crippen LogP contribution in [0.3, 0.4) is 0 Å². The minimum atomic E-state index is -0.437. The number of aliphatic hydroxyl groups excluding tert-OH is 1. The molecule has 4 unspecified atom stereocenters. The predicted octanol–water partition coefficient (Wildman–Crippen LogP) is 1.32. The second-order valence-electron chi connectivity index (χ2n) is 6.93. The molecule has 2 saturated heterocycles. The van der Waals surface area contributed by atoms with Crippen molar-refractivity contribution in [1.82, 2.24) is 14.5 Å². The van der Waals surface area contributed by atoms with Crippen LogP contribution in [0.25, 0.3) is 0 Å². The molecule has 0 bridgehead atoms. The lowest BCUT2D eigenvalue weighted by atomic mass is 9.93. The molecule has 4 atom stereocenters. The molecule has 3 heterocycles. The van der Waals surface area contributed by atoms with Crippen LogP contribution >= 0.6 is 0 Å². The molecule has 1 aromatic rings. The zero-order valence-corrected chi connectivity index (χ0v) is 14.0. The lowest BCUT2D eigenvalue weighted by Crippen LogP contribution is -2.44. The third kappa shape index (κ3) is 4.76. The Kier molecular flexibility index (Phi) is 6.05. The Hall–Kier alpha value is -0.950. The molecule has 1 aromatic heterocycles. The lowest BCUT2D eigenvalue weighted by Gasteiger charge is -2.38. The van der Waals surface area contributed by atoms with Crippen molar-refractivity contribution in [3.8, 4) is 0 Å². The Labute approximate surface area is 138 Å². The average Bonchev–Trinajstić information content (AvgIpc) is 3.22. The summed E-state index contributed by atoms with van der Waals surface area (Å²) < 4.78 is 13.3. The van der Waals surface area contributed by atoms with Gasteiger partial charge in [-0.3, -0.25) is 4.90 Å². The molecule has 0 amide bonds. The molecular weight excluding hydrogens is 294 g/mol. The first-order valence-corrected chi connectivity index (χ1v) is 8.79. The van der Waals surface area contributed by atoms with Crippen molar-refractivity contribution in [2.24, 2.45) is 5.92 Å². The normalized spacial score (nSPS) is 30.6. The van der Waals surface area contributed by atoms with Crippen molar-refractivity contribution >= 4 is 0 Å². The Morgan fingerprint density at radius 3 is 3.09 bits per heavy atom. The van der Waals surface area contributed by atoms with Gasteiger partial charge < -0.3 is 19.1 Å². The second-order valence-corrected chi connectivity index (χ2v) is 6.93. The first-order valence-electron chi connectivity index (χ1n) is 8.79. The minimum Gasteiger partial charge on any atom is -0.389 e. The molecule has 6 nitrogen and oxygen atoms in total. The van der Waals surface area contributed by atoms with E-state index in [1.54, 1.807) is 0 Å². The van der Waals surface area contributed by atoms with E-state index < -0.39 is 6.10 Å². The largest absolute Gasteiger partial charge is 0.389 e. The van der Waals surface area contributed by atoms with Crippen LogP contribution < -0.4 is 0 Å². The number of imidazole rings is 1. The molecule has 3 rings (SSSR count). The summed E-state index contributed by atoms with van der Waals surface area (Å²) in [6.45, 7) is 6.80. The van der Waals surface area contributed by atoms with E-state index in [9.17, 15) is 5.11 Å². The molecule has 0 spiro atoms. The van der Waals surface area contributed by atoms with Crippen LogP contribution in [0, 0.1) is 5.92 Å². The maximum Gasteiger partial charge on any atom is 0.0949 e. The van der Waals surface area contributed by atoms with E-state index in [1.165, 1.54) is 0 Å². The van der Waals surface area contributed by atoms with Crippen LogP contribution in [0.5, 0.6) is 0 Å². The van der Waals surface area contributed by atoms with Gasteiger partial charge in [0.15, 0.2) is 0 Å². The summed E-state index contributed by atoms with van der Waals surface area (Å²) in [7, 11) is 0. The lowest BCUT2D eigenvalue weighted by molar-refractivity contribution is -0.0295. The topological polar surface area (TPSA) is 59.8 Å². The first kappa shape index (κ1) is 16.9. The summed E-state index contributed by atoms with van der Waals surface area (Å²) in [5.41, 5.74) is 0. The Balaban J connectivity index is 1.40. The maximum absolute atomic E-state index is 10.2. The molecular formula is C17H29N3O3. The molecule has 0 saturated carbocycles. The summed E-state index contributed by atoms with van der Waals surface area (Å²) in [5, 5.41) is 10.2. The van der Waals surface area contributed by atoms with Crippen molar-refractivity contribution in [2.75, 3.05) is 39.5 Å². The fraction of sp³-hybridized carbons (Fsp3) is 0.824. The standard InChI is InChI=1S/C17H29N3O3/c1-14-4-6-19(10-17(14)20-7-5-18-13-20)9-15(21)11-22-12-16-3-2-8-23-16/h5,7,13-17,21H,2-4,6,8-12H2,1H3. The Morgan fingerprint density at radius 1 is 1.43 bits per heavy atom. The number of hydrogen-bond acceptors (Lipinski definition) is 5. The maximum atomic E-state index is 10.2. The van der Waals surface area contributed by atoms with Gasteiger partial charge in [0.05, 0.1) is 31.7 Å². The summed E-state index contributed by atoms with van der Waals surface area (Å²) in [6.07, 6.45) is 8.89. The fourth-order valence-corrected chi connectivity index (χ4v) is 3.60. The van der Waals surface area contributed by atoms with Crippen molar-refractivity contribution in [1.29, 1.82) is 0 Å². The number of likely N-dealkylation sites (tertiary alicyclic amines) is 1. The number of nitrogens with zero attached hydrogens (tertiary/aromatic N) is 3. The summed E-state index contributed by atoms with van der Waals surface area (Å²) in [4.78, 5) is 6.50. The smallest absolute Gasteiger partial charge is 0.0949 e. The number of rotatable bonds is 7. The fourth-order valence-electron chi connectivity index (χ4n) is 3.60. The van der Waals surface area contributed by atoms with Crippen LogP contribution in [-0.4, -0.2) is 71.2 Å². The zero-order chi connectivity index (χ0) is 16.1. The molecule has 6 heteroatoms. The molecule has 2 fully saturated rings. The van der Waals surface area contributed by atoms with Crippen molar-refractivity contribution in [3.05, 3.63) is 18.7 Å². The predicted molar refractivity (Wildman–Crippen MR) is 87.3 cm³/mol. The number of aromatic nitrogens is 2. The number of ether oxygens (including phenoxy) is 2. The molecule has 1 N–H and O–H groups in total. The van der Waals surface area contributed by atoms with Gasteiger partial charge in [0, 0.05) is 38.1 Å². The quantitative estimate of drug-likeness (QED) is 0.820. The number of hydrogen-bond donors (Lipinski definition) is 1. The van der Waals surface area contributed by atoms with Crippen molar-refractivity contribution < 1.29 is 14.6 Å². The minimum absolute atomic E-state index is 0.226. The van der Waals surface area contributed by atoms with E-state index in [0.717, 1.165) is 39.0 Å².